The molecule has 0 unspecified atom stereocenters. The molecule has 0 saturated heterocycles. The standard InChI is InChI=1S/C15H20ClNO3S/c1-20-15(19)13-10-6-4-2-3-5-7-11(10)21-14(13)17-12(18)8-9-16/h2-9H2,1H3,(H,17,18). The van der Waals surface area contributed by atoms with E-state index in [2.05, 4.69) is 5.32 Å². The molecular formula is C15H20ClNO3S. The number of halogens is 1. The van der Waals surface area contributed by atoms with Crippen molar-refractivity contribution in [1.82, 2.24) is 0 Å². The molecule has 0 bridgehead atoms. The lowest BCUT2D eigenvalue weighted by Crippen LogP contribution is -2.14. The summed E-state index contributed by atoms with van der Waals surface area (Å²) in [5.41, 5.74) is 1.61. The first kappa shape index (κ1) is 16.3. The maximum atomic E-state index is 12.1. The Morgan fingerprint density at radius 2 is 1.95 bits per heavy atom. The Hall–Kier alpha value is -1.07. The molecule has 1 heterocycles. The second-order valence-electron chi connectivity index (χ2n) is 5.10. The van der Waals surface area contributed by atoms with Crippen LogP contribution in [-0.4, -0.2) is 24.9 Å². The fourth-order valence-electron chi connectivity index (χ4n) is 2.60. The number of amides is 1. The molecule has 21 heavy (non-hydrogen) atoms. The number of hydrogen-bond acceptors (Lipinski definition) is 4. The van der Waals surface area contributed by atoms with Crippen molar-refractivity contribution in [1.29, 1.82) is 0 Å². The van der Waals surface area contributed by atoms with Gasteiger partial charge in [-0.25, -0.2) is 4.79 Å². The monoisotopic (exact) mass is 329 g/mol. The van der Waals surface area contributed by atoms with Crippen molar-refractivity contribution in [2.45, 2.75) is 44.9 Å². The third-order valence-electron chi connectivity index (χ3n) is 3.64. The summed E-state index contributed by atoms with van der Waals surface area (Å²) in [6.45, 7) is 0. The molecular weight excluding hydrogens is 310 g/mol. The second-order valence-corrected chi connectivity index (χ2v) is 6.58. The van der Waals surface area contributed by atoms with Gasteiger partial charge >= 0.3 is 5.97 Å². The molecule has 0 radical (unpaired) electrons. The van der Waals surface area contributed by atoms with Crippen LogP contribution >= 0.6 is 22.9 Å². The first-order valence-corrected chi connectivity index (χ1v) is 8.61. The number of methoxy groups -OCH3 is 1. The van der Waals surface area contributed by atoms with E-state index in [4.69, 9.17) is 16.3 Å². The zero-order valence-corrected chi connectivity index (χ0v) is 13.7. The summed E-state index contributed by atoms with van der Waals surface area (Å²) in [4.78, 5) is 25.1. The van der Waals surface area contributed by atoms with Crippen LogP contribution in [0.25, 0.3) is 0 Å². The van der Waals surface area contributed by atoms with Crippen molar-refractivity contribution in [3.8, 4) is 0 Å². The number of fused-ring (bicyclic) bond motifs is 1. The summed E-state index contributed by atoms with van der Waals surface area (Å²) >= 11 is 7.09. The molecule has 0 aliphatic heterocycles. The summed E-state index contributed by atoms with van der Waals surface area (Å²) < 4.78 is 4.91. The van der Waals surface area contributed by atoms with E-state index in [0.29, 0.717) is 10.6 Å². The molecule has 0 saturated carbocycles. The summed E-state index contributed by atoms with van der Waals surface area (Å²) in [6, 6.07) is 0. The largest absolute Gasteiger partial charge is 0.465 e. The van der Waals surface area contributed by atoms with Gasteiger partial charge in [-0.15, -0.1) is 22.9 Å². The van der Waals surface area contributed by atoms with Crippen LogP contribution in [0.4, 0.5) is 5.00 Å². The van der Waals surface area contributed by atoms with Crippen LogP contribution in [0.15, 0.2) is 0 Å². The highest BCUT2D eigenvalue weighted by molar-refractivity contribution is 7.17. The Labute approximate surface area is 133 Å². The van der Waals surface area contributed by atoms with Gasteiger partial charge in [-0.1, -0.05) is 12.8 Å². The number of ether oxygens (including phenoxy) is 1. The first-order chi connectivity index (χ1) is 10.2. The summed E-state index contributed by atoms with van der Waals surface area (Å²) in [5, 5.41) is 3.43. The number of anilines is 1. The maximum Gasteiger partial charge on any atom is 0.341 e. The number of thiophene rings is 1. The Morgan fingerprint density at radius 3 is 2.62 bits per heavy atom. The molecule has 0 atom stereocenters. The van der Waals surface area contributed by atoms with Gasteiger partial charge in [0.15, 0.2) is 0 Å². The Morgan fingerprint density at radius 1 is 1.24 bits per heavy atom. The predicted molar refractivity (Wildman–Crippen MR) is 85.5 cm³/mol. The minimum Gasteiger partial charge on any atom is -0.465 e. The number of carbonyl (C=O) groups is 2. The van der Waals surface area contributed by atoms with Gasteiger partial charge in [0.2, 0.25) is 5.91 Å². The number of esters is 1. The average molecular weight is 330 g/mol. The number of rotatable bonds is 4. The lowest BCUT2D eigenvalue weighted by molar-refractivity contribution is -0.115. The molecule has 116 valence electrons. The number of aryl methyl sites for hydroxylation is 1. The lowest BCUT2D eigenvalue weighted by atomic mass is 9.96. The normalized spacial score (nSPS) is 14.8. The highest BCUT2D eigenvalue weighted by atomic mass is 35.5. The van der Waals surface area contributed by atoms with E-state index in [1.54, 1.807) is 0 Å². The van der Waals surface area contributed by atoms with Gasteiger partial charge in [0.05, 0.1) is 12.7 Å². The van der Waals surface area contributed by atoms with E-state index in [9.17, 15) is 9.59 Å². The summed E-state index contributed by atoms with van der Waals surface area (Å²) in [5.74, 6) is -0.261. The molecule has 1 aromatic heterocycles. The van der Waals surface area contributed by atoms with Crippen LogP contribution in [0.3, 0.4) is 0 Å². The Balaban J connectivity index is 2.35. The van der Waals surface area contributed by atoms with E-state index in [1.165, 1.54) is 36.2 Å². The van der Waals surface area contributed by atoms with Crippen molar-refractivity contribution in [3.05, 3.63) is 16.0 Å². The van der Waals surface area contributed by atoms with Crippen LogP contribution in [0.5, 0.6) is 0 Å². The maximum absolute atomic E-state index is 12.1. The molecule has 1 aliphatic rings. The van der Waals surface area contributed by atoms with Crippen molar-refractivity contribution in [3.63, 3.8) is 0 Å². The minimum atomic E-state index is -0.366. The molecule has 0 spiro atoms. The van der Waals surface area contributed by atoms with Crippen molar-refractivity contribution in [2.75, 3.05) is 18.3 Å². The van der Waals surface area contributed by atoms with E-state index >= 15 is 0 Å². The first-order valence-electron chi connectivity index (χ1n) is 7.26. The number of alkyl halides is 1. The fraction of sp³-hybridized carbons (Fsp3) is 0.600. The fourth-order valence-corrected chi connectivity index (χ4v) is 4.07. The number of carbonyl (C=O) groups excluding carboxylic acids is 2. The third kappa shape index (κ3) is 3.98. The van der Waals surface area contributed by atoms with E-state index in [1.807, 2.05) is 0 Å². The molecule has 4 nitrogen and oxygen atoms in total. The zero-order chi connectivity index (χ0) is 15.2. The van der Waals surface area contributed by atoms with Gasteiger partial charge in [0.1, 0.15) is 5.00 Å². The zero-order valence-electron chi connectivity index (χ0n) is 12.2. The van der Waals surface area contributed by atoms with Crippen LogP contribution in [0.2, 0.25) is 0 Å². The Bertz CT molecular complexity index is 527. The van der Waals surface area contributed by atoms with Crippen molar-refractivity contribution in [2.24, 2.45) is 0 Å². The molecule has 0 aromatic carbocycles. The third-order valence-corrected chi connectivity index (χ3v) is 5.03. The molecule has 1 amide bonds. The average Bonchev–Trinajstić information content (AvgIpc) is 2.75. The van der Waals surface area contributed by atoms with Gasteiger partial charge in [-0.2, -0.15) is 0 Å². The van der Waals surface area contributed by atoms with Gasteiger partial charge in [0, 0.05) is 17.2 Å². The number of nitrogens with one attached hydrogen (secondary N) is 1. The van der Waals surface area contributed by atoms with Crippen molar-refractivity contribution >= 4 is 39.8 Å². The Kier molecular flexibility index (Phi) is 6.06. The van der Waals surface area contributed by atoms with Crippen LogP contribution < -0.4 is 5.32 Å². The van der Waals surface area contributed by atoms with E-state index in [-0.39, 0.29) is 24.2 Å². The molecule has 1 aromatic rings. The van der Waals surface area contributed by atoms with Gasteiger partial charge in [-0.05, 0) is 31.2 Å². The molecule has 1 aliphatic carbocycles. The lowest BCUT2D eigenvalue weighted by Gasteiger charge is -2.10. The van der Waals surface area contributed by atoms with Gasteiger partial charge in [-0.3, -0.25) is 4.79 Å². The highest BCUT2D eigenvalue weighted by Crippen LogP contribution is 2.37. The smallest absolute Gasteiger partial charge is 0.341 e. The summed E-state index contributed by atoms with van der Waals surface area (Å²) in [6.07, 6.45) is 6.69. The van der Waals surface area contributed by atoms with Crippen LogP contribution in [-0.2, 0) is 22.4 Å². The molecule has 1 N–H and O–H groups in total. The predicted octanol–water partition coefficient (Wildman–Crippen LogP) is 3.76. The van der Waals surface area contributed by atoms with E-state index < -0.39 is 0 Å². The van der Waals surface area contributed by atoms with Gasteiger partial charge in [0.25, 0.3) is 0 Å². The van der Waals surface area contributed by atoms with Crippen LogP contribution in [0.1, 0.15) is 52.9 Å². The summed E-state index contributed by atoms with van der Waals surface area (Å²) in [7, 11) is 1.37. The second kappa shape index (κ2) is 7.80. The van der Waals surface area contributed by atoms with Gasteiger partial charge < -0.3 is 10.1 Å². The highest BCUT2D eigenvalue weighted by Gasteiger charge is 2.25. The topological polar surface area (TPSA) is 55.4 Å². The molecule has 6 heteroatoms. The quantitative estimate of drug-likeness (QED) is 0.676. The van der Waals surface area contributed by atoms with E-state index in [0.717, 1.165) is 31.2 Å². The number of hydrogen-bond donors (Lipinski definition) is 1. The SMILES string of the molecule is COC(=O)c1c(NC(=O)CCCl)sc2c1CCCCCC2. The molecule has 2 rings (SSSR count). The molecule has 0 fully saturated rings. The minimum absolute atomic E-state index is 0.163. The van der Waals surface area contributed by atoms with Crippen molar-refractivity contribution < 1.29 is 14.3 Å². The van der Waals surface area contributed by atoms with Crippen LogP contribution in [0, 0.1) is 0 Å².